The lowest BCUT2D eigenvalue weighted by Gasteiger charge is -2.15. The van der Waals surface area contributed by atoms with Crippen LogP contribution in [0, 0.1) is 5.92 Å². The molecule has 2 unspecified atom stereocenters. The van der Waals surface area contributed by atoms with Crippen LogP contribution in [0.1, 0.15) is 32.3 Å². The van der Waals surface area contributed by atoms with Gasteiger partial charge in [0, 0.05) is 10.5 Å². The molecule has 0 aromatic heterocycles. The van der Waals surface area contributed by atoms with Crippen molar-refractivity contribution >= 4 is 15.9 Å². The molecule has 0 amide bonds. The maximum absolute atomic E-state index is 6.11. The lowest BCUT2D eigenvalue weighted by molar-refractivity contribution is 0.450. The van der Waals surface area contributed by atoms with Crippen molar-refractivity contribution in [2.24, 2.45) is 11.7 Å². The van der Waals surface area contributed by atoms with Crippen LogP contribution in [0.15, 0.2) is 28.7 Å². The molecule has 0 aliphatic carbocycles. The smallest absolute Gasteiger partial charge is 0.0175 e. The Bertz CT molecular complexity index is 281. The summed E-state index contributed by atoms with van der Waals surface area (Å²) in [6.07, 6.45) is 3.32. The quantitative estimate of drug-likeness (QED) is 0.866. The highest BCUT2D eigenvalue weighted by atomic mass is 79.9. The fourth-order valence-electron chi connectivity index (χ4n) is 1.69. The predicted molar refractivity (Wildman–Crippen MR) is 69.9 cm³/mol. The van der Waals surface area contributed by atoms with E-state index in [1.807, 2.05) is 0 Å². The summed E-state index contributed by atoms with van der Waals surface area (Å²) >= 11 is 3.43. The molecule has 1 rings (SSSR count). The van der Waals surface area contributed by atoms with Gasteiger partial charge in [-0.1, -0.05) is 48.3 Å². The van der Waals surface area contributed by atoms with Crippen molar-refractivity contribution in [3.63, 3.8) is 0 Å². The van der Waals surface area contributed by atoms with Crippen molar-refractivity contribution in [1.29, 1.82) is 0 Å². The lowest BCUT2D eigenvalue weighted by Crippen LogP contribution is -2.25. The van der Waals surface area contributed by atoms with Gasteiger partial charge in [-0.05, 0) is 36.5 Å². The Hall–Kier alpha value is -0.340. The monoisotopic (exact) mass is 269 g/mol. The Labute approximate surface area is 101 Å². The van der Waals surface area contributed by atoms with E-state index in [0.29, 0.717) is 6.04 Å². The molecule has 2 heteroatoms. The molecule has 0 bridgehead atoms. The Kier molecular flexibility index (Phi) is 5.34. The average Bonchev–Trinajstić information content (AvgIpc) is 2.21. The third kappa shape index (κ3) is 4.80. The molecule has 1 aromatic rings. The molecule has 0 saturated heterocycles. The Balaban J connectivity index is 2.44. The summed E-state index contributed by atoms with van der Waals surface area (Å²) < 4.78 is 1.13. The minimum absolute atomic E-state index is 0.293. The zero-order chi connectivity index (χ0) is 11.3. The van der Waals surface area contributed by atoms with Crippen molar-refractivity contribution in [2.45, 2.75) is 39.2 Å². The van der Waals surface area contributed by atoms with Crippen LogP contribution in [0.4, 0.5) is 0 Å². The summed E-state index contributed by atoms with van der Waals surface area (Å²) in [4.78, 5) is 0. The largest absolute Gasteiger partial charge is 0.327 e. The highest BCUT2D eigenvalue weighted by Gasteiger charge is 2.08. The van der Waals surface area contributed by atoms with E-state index in [-0.39, 0.29) is 0 Å². The van der Waals surface area contributed by atoms with Gasteiger partial charge in [0.25, 0.3) is 0 Å². The topological polar surface area (TPSA) is 26.0 Å². The summed E-state index contributed by atoms with van der Waals surface area (Å²) in [6.45, 7) is 4.48. The van der Waals surface area contributed by atoms with Gasteiger partial charge in [0.05, 0.1) is 0 Å². The van der Waals surface area contributed by atoms with Gasteiger partial charge >= 0.3 is 0 Å². The van der Waals surface area contributed by atoms with Gasteiger partial charge in [-0.15, -0.1) is 0 Å². The van der Waals surface area contributed by atoms with Gasteiger partial charge < -0.3 is 5.73 Å². The van der Waals surface area contributed by atoms with Gasteiger partial charge in [0.15, 0.2) is 0 Å². The standard InChI is InChI=1S/C13H20BrN/c1-3-10(2)8-13(15)9-11-4-6-12(14)7-5-11/h4-7,10,13H,3,8-9,15H2,1-2H3. The molecule has 0 aliphatic rings. The molecule has 0 heterocycles. The first-order valence-electron chi connectivity index (χ1n) is 5.61. The molecular formula is C13H20BrN. The van der Waals surface area contributed by atoms with Crippen LogP contribution in [-0.2, 0) is 6.42 Å². The van der Waals surface area contributed by atoms with Crippen molar-refractivity contribution < 1.29 is 0 Å². The van der Waals surface area contributed by atoms with Gasteiger partial charge in [-0.25, -0.2) is 0 Å². The number of rotatable bonds is 5. The van der Waals surface area contributed by atoms with Crippen molar-refractivity contribution in [3.8, 4) is 0 Å². The maximum atomic E-state index is 6.11. The zero-order valence-corrected chi connectivity index (χ0v) is 11.1. The maximum Gasteiger partial charge on any atom is 0.0175 e. The van der Waals surface area contributed by atoms with E-state index < -0.39 is 0 Å². The molecule has 0 saturated carbocycles. The third-order valence-corrected chi connectivity index (χ3v) is 3.34. The van der Waals surface area contributed by atoms with E-state index in [2.05, 4.69) is 54.0 Å². The lowest BCUT2D eigenvalue weighted by atomic mass is 9.95. The van der Waals surface area contributed by atoms with E-state index in [1.165, 1.54) is 12.0 Å². The van der Waals surface area contributed by atoms with Crippen LogP contribution in [-0.4, -0.2) is 6.04 Å². The molecule has 1 nitrogen and oxygen atoms in total. The fourth-order valence-corrected chi connectivity index (χ4v) is 1.95. The van der Waals surface area contributed by atoms with Gasteiger partial charge in [-0.2, -0.15) is 0 Å². The molecule has 2 N–H and O–H groups in total. The summed E-state index contributed by atoms with van der Waals surface area (Å²) in [7, 11) is 0. The van der Waals surface area contributed by atoms with E-state index in [0.717, 1.165) is 23.2 Å². The second-order valence-electron chi connectivity index (χ2n) is 4.34. The number of benzene rings is 1. The molecule has 15 heavy (non-hydrogen) atoms. The van der Waals surface area contributed by atoms with E-state index in [9.17, 15) is 0 Å². The Morgan fingerprint density at radius 1 is 1.27 bits per heavy atom. The summed E-state index contributed by atoms with van der Waals surface area (Å²) in [5.74, 6) is 0.732. The van der Waals surface area contributed by atoms with E-state index in [4.69, 9.17) is 5.73 Å². The Morgan fingerprint density at radius 2 is 1.87 bits per heavy atom. The molecule has 0 aliphatic heterocycles. The first kappa shape index (κ1) is 12.7. The van der Waals surface area contributed by atoms with E-state index in [1.54, 1.807) is 0 Å². The number of hydrogen-bond donors (Lipinski definition) is 1. The predicted octanol–water partition coefficient (Wildman–Crippen LogP) is 3.76. The second kappa shape index (κ2) is 6.29. The molecule has 0 spiro atoms. The minimum atomic E-state index is 0.293. The molecule has 0 radical (unpaired) electrons. The molecule has 84 valence electrons. The van der Waals surface area contributed by atoms with Crippen LogP contribution in [0.2, 0.25) is 0 Å². The van der Waals surface area contributed by atoms with Crippen LogP contribution in [0.3, 0.4) is 0 Å². The van der Waals surface area contributed by atoms with Crippen molar-refractivity contribution in [1.82, 2.24) is 0 Å². The number of nitrogens with two attached hydrogens (primary N) is 1. The van der Waals surface area contributed by atoms with E-state index >= 15 is 0 Å². The van der Waals surface area contributed by atoms with Crippen LogP contribution < -0.4 is 5.73 Å². The number of halogens is 1. The highest BCUT2D eigenvalue weighted by Crippen LogP contribution is 2.15. The van der Waals surface area contributed by atoms with Crippen LogP contribution in [0.5, 0.6) is 0 Å². The first-order chi connectivity index (χ1) is 7.11. The molecule has 1 aromatic carbocycles. The van der Waals surface area contributed by atoms with Gasteiger partial charge in [0.2, 0.25) is 0 Å². The van der Waals surface area contributed by atoms with Gasteiger partial charge in [0.1, 0.15) is 0 Å². The second-order valence-corrected chi connectivity index (χ2v) is 5.26. The van der Waals surface area contributed by atoms with Crippen LogP contribution in [0.25, 0.3) is 0 Å². The van der Waals surface area contributed by atoms with Gasteiger partial charge in [-0.3, -0.25) is 0 Å². The highest BCUT2D eigenvalue weighted by molar-refractivity contribution is 9.10. The minimum Gasteiger partial charge on any atom is -0.327 e. The summed E-state index contributed by atoms with van der Waals surface area (Å²) in [6, 6.07) is 8.72. The fraction of sp³-hybridized carbons (Fsp3) is 0.538. The first-order valence-corrected chi connectivity index (χ1v) is 6.41. The third-order valence-electron chi connectivity index (χ3n) is 2.81. The molecular weight excluding hydrogens is 250 g/mol. The van der Waals surface area contributed by atoms with Crippen molar-refractivity contribution in [2.75, 3.05) is 0 Å². The molecule has 2 atom stereocenters. The SMILES string of the molecule is CCC(C)CC(N)Cc1ccc(Br)cc1. The van der Waals surface area contributed by atoms with Crippen LogP contribution >= 0.6 is 15.9 Å². The summed E-state index contributed by atoms with van der Waals surface area (Å²) in [5.41, 5.74) is 7.44. The average molecular weight is 270 g/mol. The number of hydrogen-bond acceptors (Lipinski definition) is 1. The zero-order valence-electron chi connectivity index (χ0n) is 9.54. The molecule has 0 fully saturated rings. The Morgan fingerprint density at radius 3 is 2.40 bits per heavy atom. The van der Waals surface area contributed by atoms with Crippen molar-refractivity contribution in [3.05, 3.63) is 34.3 Å². The summed E-state index contributed by atoms with van der Waals surface area (Å²) in [5, 5.41) is 0. The normalized spacial score (nSPS) is 14.9.